The van der Waals surface area contributed by atoms with E-state index in [-0.39, 0.29) is 63.4 Å². The summed E-state index contributed by atoms with van der Waals surface area (Å²) < 4.78 is 30.1. The van der Waals surface area contributed by atoms with Crippen molar-refractivity contribution in [3.63, 3.8) is 0 Å². The Morgan fingerprint density at radius 1 is 1.36 bits per heavy atom. The first-order valence-corrected chi connectivity index (χ1v) is 5.15. The Labute approximate surface area is 126 Å². The molecule has 0 heterocycles. The van der Waals surface area contributed by atoms with Gasteiger partial charge < -0.3 is 5.11 Å². The van der Waals surface area contributed by atoms with E-state index in [1.807, 2.05) is 0 Å². The molecule has 0 amide bonds. The summed E-state index contributed by atoms with van der Waals surface area (Å²) in [6.07, 6.45) is 0.497. The topological polar surface area (TPSA) is 91.7 Å². The molecule has 0 saturated carbocycles. The van der Waals surface area contributed by atoms with Gasteiger partial charge in [-0.05, 0) is 13.3 Å². The van der Waals surface area contributed by atoms with E-state index in [9.17, 15) is 13.2 Å². The van der Waals surface area contributed by atoms with E-state index >= 15 is 0 Å². The third-order valence-corrected chi connectivity index (χ3v) is 2.66. The van der Waals surface area contributed by atoms with Gasteiger partial charge in [0.25, 0.3) is 10.1 Å². The second kappa shape index (κ2) is 7.10. The van der Waals surface area contributed by atoms with Crippen molar-refractivity contribution in [2.75, 3.05) is 0 Å². The maximum atomic E-state index is 10.7. The first kappa shape index (κ1) is 17.2. The molecule has 14 heavy (non-hydrogen) atoms. The summed E-state index contributed by atoms with van der Waals surface area (Å²) in [5.74, 6) is -1.33. The van der Waals surface area contributed by atoms with Crippen LogP contribution in [0.1, 0.15) is 26.7 Å². The van der Waals surface area contributed by atoms with E-state index in [1.165, 1.54) is 0 Å². The van der Waals surface area contributed by atoms with Crippen LogP contribution in [0.15, 0.2) is 10.5 Å². The number of aliphatic carboxylic acids is 1. The van der Waals surface area contributed by atoms with Crippen molar-refractivity contribution in [2.24, 2.45) is 0 Å². The second-order valence-electron chi connectivity index (χ2n) is 2.58. The fraction of sp³-hybridized carbons (Fsp3) is 0.571. The fourth-order valence-electron chi connectivity index (χ4n) is 0.856. The summed E-state index contributed by atoms with van der Waals surface area (Å²) in [7, 11) is -4.37. The zero-order valence-electron chi connectivity index (χ0n) is 7.44. The molecule has 0 aromatic carbocycles. The van der Waals surface area contributed by atoms with Gasteiger partial charge in [0.15, 0.2) is 0 Å². The number of carboxylic acid groups (broad SMARTS) is 1. The molecular weight excluding hydrogens is 235 g/mol. The summed E-state index contributed by atoms with van der Waals surface area (Å²) in [4.78, 5) is 10.0. The van der Waals surface area contributed by atoms with Crippen molar-refractivity contribution in [1.82, 2.24) is 0 Å². The van der Waals surface area contributed by atoms with Crippen LogP contribution >= 0.6 is 0 Å². The average molecular weight is 248 g/mol. The van der Waals surface area contributed by atoms with Crippen LogP contribution in [0, 0.1) is 0 Å². The third kappa shape index (κ3) is 5.59. The van der Waals surface area contributed by atoms with Gasteiger partial charge in [-0.1, -0.05) is 13.3 Å². The summed E-state index contributed by atoms with van der Waals surface area (Å²) in [5, 5.41) is 8.51. The third-order valence-electron chi connectivity index (χ3n) is 1.53. The number of allylic oxidation sites excluding steroid dienone is 1. The Hall–Kier alpha value is 0.756. The molecule has 7 heteroatoms. The fourth-order valence-corrected chi connectivity index (χ4v) is 1.79. The van der Waals surface area contributed by atoms with Gasteiger partial charge in [0.2, 0.25) is 0 Å². The molecule has 0 rings (SSSR count). The van der Waals surface area contributed by atoms with E-state index in [1.54, 1.807) is 6.92 Å². The van der Waals surface area contributed by atoms with Crippen molar-refractivity contribution < 1.29 is 22.9 Å². The van der Waals surface area contributed by atoms with Gasteiger partial charge in [-0.2, -0.15) is 8.42 Å². The zero-order chi connectivity index (χ0) is 10.6. The molecule has 0 aliphatic carbocycles. The van der Waals surface area contributed by atoms with Crippen LogP contribution in [0.25, 0.3) is 0 Å². The molecule has 0 radical (unpaired) electrons. The summed E-state index contributed by atoms with van der Waals surface area (Å²) in [5.41, 5.74) is -0.329. The molecule has 78 valence electrons. The standard InChI is InChI=1S/C7H12O5S.K.H/c1-3-4-6(13(10,11)12)5(2)7(8)9;;/h3-4H2,1-2H3,(H,8,9)(H,10,11,12);;. The van der Waals surface area contributed by atoms with Crippen LogP contribution in [0.3, 0.4) is 0 Å². The Morgan fingerprint density at radius 2 is 1.79 bits per heavy atom. The number of carbonyl (C=O) groups is 1. The van der Waals surface area contributed by atoms with Gasteiger partial charge in [0.05, 0.1) is 10.5 Å². The van der Waals surface area contributed by atoms with Gasteiger partial charge in [0.1, 0.15) is 0 Å². The molecular formula is C7H13KO5S. The van der Waals surface area contributed by atoms with Gasteiger partial charge >= 0.3 is 57.4 Å². The van der Waals surface area contributed by atoms with Crippen LogP contribution in [0.2, 0.25) is 0 Å². The molecule has 0 fully saturated rings. The average Bonchev–Trinajstić information content (AvgIpc) is 1.96. The second-order valence-corrected chi connectivity index (χ2v) is 4.02. The first-order valence-electron chi connectivity index (χ1n) is 3.71. The van der Waals surface area contributed by atoms with Crippen molar-refractivity contribution >= 4 is 67.5 Å². The number of hydrogen-bond acceptors (Lipinski definition) is 3. The Kier molecular flexibility index (Phi) is 8.70. The first-order chi connectivity index (χ1) is 5.80. The van der Waals surface area contributed by atoms with Gasteiger partial charge in [-0.3, -0.25) is 4.55 Å². The summed E-state index contributed by atoms with van der Waals surface area (Å²) in [6, 6.07) is 0. The molecule has 5 nitrogen and oxygen atoms in total. The van der Waals surface area contributed by atoms with E-state index in [0.29, 0.717) is 6.42 Å². The Bertz CT molecular complexity index is 330. The SMILES string of the molecule is CCCC(=C(C)C(=O)O)S(=O)(=O)O.[KH]. The van der Waals surface area contributed by atoms with E-state index in [2.05, 4.69) is 0 Å². The molecule has 0 bridgehead atoms. The molecule has 0 saturated heterocycles. The number of rotatable bonds is 4. The molecule has 0 aromatic heterocycles. The predicted molar refractivity (Wildman–Crippen MR) is 53.9 cm³/mol. The molecule has 0 spiro atoms. The minimum absolute atomic E-state index is 0. The van der Waals surface area contributed by atoms with Crippen LogP contribution in [0.5, 0.6) is 0 Å². The van der Waals surface area contributed by atoms with E-state index in [4.69, 9.17) is 9.66 Å². The van der Waals surface area contributed by atoms with Crippen LogP contribution in [-0.4, -0.2) is 75.4 Å². The Morgan fingerprint density at radius 3 is 2.00 bits per heavy atom. The van der Waals surface area contributed by atoms with Crippen molar-refractivity contribution in [3.05, 3.63) is 10.5 Å². The minimum atomic E-state index is -4.37. The van der Waals surface area contributed by atoms with E-state index in [0.717, 1.165) is 6.92 Å². The van der Waals surface area contributed by atoms with Crippen LogP contribution in [0.4, 0.5) is 0 Å². The maximum absolute atomic E-state index is 10.7. The van der Waals surface area contributed by atoms with Gasteiger partial charge in [-0.25, -0.2) is 4.79 Å². The number of carboxylic acids is 1. The van der Waals surface area contributed by atoms with Gasteiger partial charge in [0, 0.05) is 0 Å². The zero-order valence-corrected chi connectivity index (χ0v) is 8.26. The predicted octanol–water partition coefficient (Wildman–Crippen LogP) is 0.384. The number of hydrogen-bond donors (Lipinski definition) is 2. The molecule has 0 aliphatic rings. The molecule has 0 atom stereocenters. The molecule has 0 unspecified atom stereocenters. The van der Waals surface area contributed by atoms with Crippen molar-refractivity contribution in [2.45, 2.75) is 26.7 Å². The molecule has 0 aromatic rings. The quantitative estimate of drug-likeness (QED) is 0.426. The van der Waals surface area contributed by atoms with Gasteiger partial charge in [-0.15, -0.1) is 0 Å². The van der Waals surface area contributed by atoms with Crippen molar-refractivity contribution in [3.8, 4) is 0 Å². The summed E-state index contributed by atoms with van der Waals surface area (Å²) >= 11 is 0. The molecule has 0 aliphatic heterocycles. The Balaban J connectivity index is 0. The van der Waals surface area contributed by atoms with Crippen LogP contribution in [-0.2, 0) is 14.9 Å². The normalized spacial score (nSPS) is 12.8. The molecule has 2 N–H and O–H groups in total. The van der Waals surface area contributed by atoms with E-state index < -0.39 is 21.0 Å². The summed E-state index contributed by atoms with van der Waals surface area (Å²) in [6.45, 7) is 2.85. The van der Waals surface area contributed by atoms with Crippen molar-refractivity contribution in [1.29, 1.82) is 0 Å². The monoisotopic (exact) mass is 248 g/mol. The van der Waals surface area contributed by atoms with Crippen LogP contribution < -0.4 is 0 Å².